The number of hydrogen-bond donors (Lipinski definition) is 1. The molecular formula is C16H23N3O2S. The summed E-state index contributed by atoms with van der Waals surface area (Å²) in [5.41, 5.74) is 0.722. The number of nitrogens with one attached hydrogen (secondary N) is 1. The van der Waals surface area contributed by atoms with Gasteiger partial charge in [-0.15, -0.1) is 11.3 Å². The third-order valence-corrected chi connectivity index (χ3v) is 4.59. The summed E-state index contributed by atoms with van der Waals surface area (Å²) >= 11 is 1.69. The van der Waals surface area contributed by atoms with Gasteiger partial charge in [-0.25, -0.2) is 0 Å². The van der Waals surface area contributed by atoms with E-state index in [1.54, 1.807) is 17.4 Å². The van der Waals surface area contributed by atoms with Crippen LogP contribution in [0.4, 0.5) is 5.88 Å². The number of likely N-dealkylation sites (N-methyl/N-ethyl adjacent to an activating group) is 1. The highest BCUT2D eigenvalue weighted by molar-refractivity contribution is 7.10. The molecule has 0 aliphatic carbocycles. The predicted octanol–water partition coefficient (Wildman–Crippen LogP) is 3.67. The van der Waals surface area contributed by atoms with E-state index in [1.165, 1.54) is 4.88 Å². The third-order valence-electron chi connectivity index (χ3n) is 3.55. The lowest BCUT2D eigenvalue weighted by Gasteiger charge is -2.22. The molecule has 2 heterocycles. The molecule has 2 aromatic rings. The lowest BCUT2D eigenvalue weighted by Crippen LogP contribution is -2.31. The zero-order valence-corrected chi connectivity index (χ0v) is 14.5. The lowest BCUT2D eigenvalue weighted by molar-refractivity contribution is -0.117. The molecule has 0 aliphatic rings. The maximum atomic E-state index is 12.1. The third kappa shape index (κ3) is 4.18. The summed E-state index contributed by atoms with van der Waals surface area (Å²) in [5, 5.41) is 8.80. The summed E-state index contributed by atoms with van der Waals surface area (Å²) in [5.74, 6) is 0.287. The number of carbonyl (C=O) groups is 1. The minimum atomic E-state index is -0.109. The summed E-state index contributed by atoms with van der Waals surface area (Å²) < 4.78 is 5.18. The minimum absolute atomic E-state index is 0.100. The molecule has 0 aromatic carbocycles. The van der Waals surface area contributed by atoms with Crippen LogP contribution in [0.1, 0.15) is 44.3 Å². The van der Waals surface area contributed by atoms with Crippen LogP contribution in [0.15, 0.2) is 28.1 Å². The number of rotatable bonds is 5. The molecule has 120 valence electrons. The first-order chi connectivity index (χ1) is 10.3. The van der Waals surface area contributed by atoms with Gasteiger partial charge in [0.05, 0.1) is 12.2 Å². The van der Waals surface area contributed by atoms with Crippen LogP contribution in [0.3, 0.4) is 0 Å². The van der Waals surface area contributed by atoms with E-state index in [2.05, 4.69) is 23.5 Å². The largest absolute Gasteiger partial charge is 0.338 e. The summed E-state index contributed by atoms with van der Waals surface area (Å²) in [6.07, 6.45) is 0. The van der Waals surface area contributed by atoms with Crippen molar-refractivity contribution in [2.75, 3.05) is 18.9 Å². The molecule has 0 bridgehead atoms. The Labute approximate surface area is 135 Å². The van der Waals surface area contributed by atoms with Crippen molar-refractivity contribution < 1.29 is 9.32 Å². The normalized spacial score (nSPS) is 13.4. The average molecular weight is 321 g/mol. The molecule has 1 N–H and O–H groups in total. The second kappa shape index (κ2) is 6.62. The first kappa shape index (κ1) is 16.7. The van der Waals surface area contributed by atoms with Crippen molar-refractivity contribution in [2.24, 2.45) is 0 Å². The highest BCUT2D eigenvalue weighted by atomic mass is 32.1. The second-order valence-electron chi connectivity index (χ2n) is 6.48. The predicted molar refractivity (Wildman–Crippen MR) is 89.2 cm³/mol. The second-order valence-corrected chi connectivity index (χ2v) is 7.46. The van der Waals surface area contributed by atoms with Crippen molar-refractivity contribution in [1.82, 2.24) is 10.1 Å². The van der Waals surface area contributed by atoms with E-state index in [9.17, 15) is 4.79 Å². The summed E-state index contributed by atoms with van der Waals surface area (Å²) in [7, 11) is 1.94. The van der Waals surface area contributed by atoms with Gasteiger partial charge in [0.25, 0.3) is 0 Å². The topological polar surface area (TPSA) is 58.4 Å². The Hall–Kier alpha value is -1.66. The molecule has 0 spiro atoms. The molecule has 0 saturated heterocycles. The van der Waals surface area contributed by atoms with E-state index < -0.39 is 0 Å². The number of amides is 1. The zero-order chi connectivity index (χ0) is 16.3. The van der Waals surface area contributed by atoms with Crippen molar-refractivity contribution in [1.29, 1.82) is 0 Å². The molecule has 0 unspecified atom stereocenters. The molecule has 0 aliphatic heterocycles. The Kier molecular flexibility index (Phi) is 5.03. The van der Waals surface area contributed by atoms with Crippen LogP contribution >= 0.6 is 11.3 Å². The van der Waals surface area contributed by atoms with Crippen molar-refractivity contribution in [3.63, 3.8) is 0 Å². The van der Waals surface area contributed by atoms with E-state index in [0.717, 1.165) is 5.69 Å². The number of anilines is 1. The summed E-state index contributed by atoms with van der Waals surface area (Å²) in [6, 6.07) is 6.08. The van der Waals surface area contributed by atoms with E-state index in [4.69, 9.17) is 4.52 Å². The standard InChI is InChI=1S/C16H23N3O2S/c1-11(12-7-6-8-22-12)19(5)10-14(20)17-15-9-13(18-21-15)16(2,3)4/h6-9,11H,10H2,1-5H3,(H,17,20)/t11-/m0/s1. The van der Waals surface area contributed by atoms with Crippen LogP contribution in [-0.2, 0) is 10.2 Å². The number of aromatic nitrogens is 1. The van der Waals surface area contributed by atoms with Gasteiger partial charge in [-0.05, 0) is 25.4 Å². The van der Waals surface area contributed by atoms with Gasteiger partial charge in [0.2, 0.25) is 11.8 Å². The molecular weight excluding hydrogens is 298 g/mol. The smallest absolute Gasteiger partial charge is 0.240 e. The maximum absolute atomic E-state index is 12.1. The SMILES string of the molecule is C[C@@H](c1cccs1)N(C)CC(=O)Nc1cc(C(C)(C)C)no1. The van der Waals surface area contributed by atoms with Crippen molar-refractivity contribution >= 4 is 23.1 Å². The lowest BCUT2D eigenvalue weighted by atomic mass is 9.92. The number of hydrogen-bond acceptors (Lipinski definition) is 5. The van der Waals surface area contributed by atoms with E-state index in [-0.39, 0.29) is 17.4 Å². The first-order valence-electron chi connectivity index (χ1n) is 7.28. The van der Waals surface area contributed by atoms with Gasteiger partial charge in [0.15, 0.2) is 0 Å². The van der Waals surface area contributed by atoms with E-state index in [1.807, 2.05) is 44.2 Å². The van der Waals surface area contributed by atoms with Gasteiger partial charge in [-0.2, -0.15) is 0 Å². The highest BCUT2D eigenvalue weighted by Gasteiger charge is 2.21. The van der Waals surface area contributed by atoms with Crippen molar-refractivity contribution in [3.8, 4) is 0 Å². The summed E-state index contributed by atoms with van der Waals surface area (Å²) in [6.45, 7) is 8.53. The molecule has 1 atom stereocenters. The van der Waals surface area contributed by atoms with Crippen LogP contribution < -0.4 is 5.32 Å². The molecule has 0 fully saturated rings. The van der Waals surface area contributed by atoms with Crippen molar-refractivity contribution in [2.45, 2.75) is 39.2 Å². The van der Waals surface area contributed by atoms with Crippen LogP contribution in [0.25, 0.3) is 0 Å². The molecule has 5 nitrogen and oxygen atoms in total. The van der Waals surface area contributed by atoms with Gasteiger partial charge < -0.3 is 4.52 Å². The summed E-state index contributed by atoms with van der Waals surface area (Å²) in [4.78, 5) is 15.4. The number of carbonyl (C=O) groups excluding carboxylic acids is 1. The Morgan fingerprint density at radius 1 is 1.50 bits per heavy atom. The maximum Gasteiger partial charge on any atom is 0.240 e. The molecule has 6 heteroatoms. The highest BCUT2D eigenvalue weighted by Crippen LogP contribution is 2.24. The van der Waals surface area contributed by atoms with Crippen LogP contribution in [0.2, 0.25) is 0 Å². The molecule has 0 radical (unpaired) electrons. The Balaban J connectivity index is 1.91. The quantitative estimate of drug-likeness (QED) is 0.913. The van der Waals surface area contributed by atoms with E-state index in [0.29, 0.717) is 12.4 Å². The molecule has 22 heavy (non-hydrogen) atoms. The number of thiophene rings is 1. The fourth-order valence-electron chi connectivity index (χ4n) is 1.97. The number of nitrogens with zero attached hydrogens (tertiary/aromatic N) is 2. The average Bonchev–Trinajstić information content (AvgIpc) is 3.07. The van der Waals surface area contributed by atoms with Gasteiger partial charge in [-0.3, -0.25) is 15.0 Å². The van der Waals surface area contributed by atoms with Crippen LogP contribution in [-0.4, -0.2) is 29.6 Å². The minimum Gasteiger partial charge on any atom is -0.338 e. The van der Waals surface area contributed by atoms with Crippen LogP contribution in [0, 0.1) is 0 Å². The first-order valence-corrected chi connectivity index (χ1v) is 8.16. The Morgan fingerprint density at radius 2 is 2.23 bits per heavy atom. The van der Waals surface area contributed by atoms with Gasteiger partial charge in [-0.1, -0.05) is 32.0 Å². The van der Waals surface area contributed by atoms with Gasteiger partial charge in [0, 0.05) is 22.4 Å². The van der Waals surface area contributed by atoms with Gasteiger partial charge in [0.1, 0.15) is 0 Å². The van der Waals surface area contributed by atoms with E-state index >= 15 is 0 Å². The fraction of sp³-hybridized carbons (Fsp3) is 0.500. The fourth-order valence-corrected chi connectivity index (χ4v) is 2.82. The molecule has 1 amide bonds. The monoisotopic (exact) mass is 321 g/mol. The zero-order valence-electron chi connectivity index (χ0n) is 13.7. The Morgan fingerprint density at radius 3 is 2.77 bits per heavy atom. The van der Waals surface area contributed by atoms with Gasteiger partial charge >= 0.3 is 0 Å². The molecule has 0 saturated carbocycles. The van der Waals surface area contributed by atoms with Crippen LogP contribution in [0.5, 0.6) is 0 Å². The van der Waals surface area contributed by atoms with Crippen molar-refractivity contribution in [3.05, 3.63) is 34.2 Å². The molecule has 2 rings (SSSR count). The molecule has 2 aromatic heterocycles. The Bertz CT molecular complexity index is 614.